The molecule has 0 nitrogen and oxygen atoms in total. The van der Waals surface area contributed by atoms with E-state index in [-0.39, 0.29) is 11.3 Å². The zero-order valence-electron chi connectivity index (χ0n) is 12.6. The van der Waals surface area contributed by atoms with E-state index >= 15 is 0 Å². The molecule has 0 amide bonds. The highest BCUT2D eigenvalue weighted by Gasteiger charge is 2.36. The molecule has 15 heavy (non-hydrogen) atoms. The topological polar surface area (TPSA) is 0 Å². The van der Waals surface area contributed by atoms with Gasteiger partial charge in [0.2, 0.25) is 0 Å². The van der Waals surface area contributed by atoms with Gasteiger partial charge in [-0.1, -0.05) is 54.4 Å². The molecule has 0 saturated heterocycles. The van der Waals surface area contributed by atoms with Crippen LogP contribution in [0.3, 0.4) is 0 Å². The molecule has 1 saturated carbocycles. The Morgan fingerprint density at radius 2 is 1.60 bits per heavy atom. The van der Waals surface area contributed by atoms with E-state index in [4.69, 9.17) is 1.37 Å². The predicted molar refractivity (Wildman–Crippen MR) is 68.9 cm³/mol. The van der Waals surface area contributed by atoms with E-state index in [0.29, 0.717) is 17.8 Å². The summed E-state index contributed by atoms with van der Waals surface area (Å²) in [5, 5.41) is 0. The molecule has 90 valence electrons. The van der Waals surface area contributed by atoms with Gasteiger partial charge in [0.25, 0.3) is 0 Å². The average Bonchev–Trinajstić information content (AvgIpc) is 2.15. The van der Waals surface area contributed by atoms with Gasteiger partial charge in [0.1, 0.15) is 0 Å². The summed E-state index contributed by atoms with van der Waals surface area (Å²) in [7, 11) is 0. The Morgan fingerprint density at radius 1 is 1.07 bits per heavy atom. The van der Waals surface area contributed by atoms with Gasteiger partial charge in [0.05, 0.1) is 0 Å². The highest BCUT2D eigenvalue weighted by Crippen LogP contribution is 2.45. The van der Waals surface area contributed by atoms with E-state index in [1.165, 1.54) is 19.3 Å². The highest BCUT2D eigenvalue weighted by molar-refractivity contribution is 4.85. The lowest BCUT2D eigenvalue weighted by molar-refractivity contribution is 0.0658. The molecule has 0 heteroatoms. The lowest BCUT2D eigenvalue weighted by Gasteiger charge is -2.43. The average molecular weight is 211 g/mol. The lowest BCUT2D eigenvalue weighted by Crippen LogP contribution is -2.35. The molecule has 3 atom stereocenters. The zero-order valence-corrected chi connectivity index (χ0v) is 11.6. The lowest BCUT2D eigenvalue weighted by atomic mass is 9.62. The molecule has 1 aliphatic carbocycles. The van der Waals surface area contributed by atoms with Gasteiger partial charge in [-0.25, -0.2) is 0 Å². The second-order valence-electron chi connectivity index (χ2n) is 6.76. The summed E-state index contributed by atoms with van der Waals surface area (Å²) < 4.78 is 8.97. The van der Waals surface area contributed by atoms with Crippen molar-refractivity contribution in [3.63, 3.8) is 0 Å². The molecular formula is C15H30. The third kappa shape index (κ3) is 3.23. The van der Waals surface area contributed by atoms with Crippen LogP contribution in [-0.2, 0) is 0 Å². The molecule has 1 rings (SSSR count). The first-order valence-corrected chi connectivity index (χ1v) is 6.69. The van der Waals surface area contributed by atoms with Crippen LogP contribution in [-0.4, -0.2) is 0 Å². The van der Waals surface area contributed by atoms with Crippen LogP contribution in [0.2, 0.25) is 0 Å². The second kappa shape index (κ2) is 4.89. The Bertz CT molecular complexity index is 222. The van der Waals surface area contributed by atoms with Gasteiger partial charge < -0.3 is 0 Å². The molecule has 0 aliphatic heterocycles. The van der Waals surface area contributed by atoms with Crippen molar-refractivity contribution in [1.29, 1.82) is 0 Å². The summed E-state index contributed by atoms with van der Waals surface area (Å²) in [4.78, 5) is 0. The van der Waals surface area contributed by atoms with Gasteiger partial charge in [-0.05, 0) is 41.9 Å². The van der Waals surface area contributed by atoms with Crippen molar-refractivity contribution in [2.75, 3.05) is 0 Å². The molecule has 0 heterocycles. The predicted octanol–water partition coefficient (Wildman–Crippen LogP) is 5.13. The van der Waals surface area contributed by atoms with Crippen LogP contribution in [0, 0.1) is 29.1 Å². The van der Waals surface area contributed by atoms with Gasteiger partial charge >= 0.3 is 0 Å². The van der Waals surface area contributed by atoms with Crippen LogP contribution in [0.4, 0.5) is 0 Å². The Labute approximate surface area is 98.2 Å². The summed E-state index contributed by atoms with van der Waals surface area (Å²) >= 11 is 0. The van der Waals surface area contributed by atoms with Gasteiger partial charge in [0, 0.05) is 1.37 Å². The fourth-order valence-electron chi connectivity index (χ4n) is 2.92. The van der Waals surface area contributed by atoms with Crippen molar-refractivity contribution >= 4 is 0 Å². The van der Waals surface area contributed by atoms with Crippen molar-refractivity contribution in [1.82, 2.24) is 0 Å². The van der Waals surface area contributed by atoms with Crippen LogP contribution in [0.1, 0.15) is 68.6 Å². The first-order valence-electron chi connectivity index (χ1n) is 7.19. The molecule has 0 radical (unpaired) electrons. The Balaban J connectivity index is 2.94. The summed E-state index contributed by atoms with van der Waals surface area (Å²) in [6.07, 6.45) is 4.96. The summed E-state index contributed by atoms with van der Waals surface area (Å²) in [5.74, 6) is 1.54. The van der Waals surface area contributed by atoms with E-state index in [2.05, 4.69) is 41.5 Å². The monoisotopic (exact) mass is 211 g/mol. The van der Waals surface area contributed by atoms with Crippen molar-refractivity contribution < 1.29 is 1.37 Å². The molecular weight excluding hydrogens is 180 g/mol. The molecule has 0 spiro atoms. The second-order valence-corrected chi connectivity index (χ2v) is 6.76. The highest BCUT2D eigenvalue weighted by atomic mass is 14.4. The standard InChI is InChI=1S/C15H30/c1-11(2)13-9-7-8-10-14(13)12(3)15(4,5)6/h11-14H,7-10H2,1-6H3/i14D. The number of hydrogen-bond acceptors (Lipinski definition) is 0. The first kappa shape index (κ1) is 11.5. The Morgan fingerprint density at radius 3 is 2.07 bits per heavy atom. The van der Waals surface area contributed by atoms with Gasteiger partial charge in [0.15, 0.2) is 0 Å². The van der Waals surface area contributed by atoms with Crippen LogP contribution in [0.15, 0.2) is 0 Å². The quantitative estimate of drug-likeness (QED) is 0.594. The van der Waals surface area contributed by atoms with Crippen LogP contribution < -0.4 is 0 Å². The number of hydrogen-bond donors (Lipinski definition) is 0. The van der Waals surface area contributed by atoms with Gasteiger partial charge in [-0.3, -0.25) is 0 Å². The van der Waals surface area contributed by atoms with E-state index in [9.17, 15) is 0 Å². The zero-order chi connectivity index (χ0) is 12.6. The minimum absolute atomic E-state index is 0.190. The fraction of sp³-hybridized carbons (Fsp3) is 1.00. The number of rotatable bonds is 2. The van der Waals surface area contributed by atoms with Crippen molar-refractivity contribution in [2.45, 2.75) is 67.2 Å². The fourth-order valence-corrected chi connectivity index (χ4v) is 2.92. The maximum Gasteiger partial charge on any atom is 0.0309 e. The largest absolute Gasteiger partial charge is 0.0625 e. The summed E-state index contributed by atoms with van der Waals surface area (Å²) in [6, 6.07) is 0. The molecule has 0 aromatic heterocycles. The minimum atomic E-state index is -0.190. The molecule has 0 aromatic rings. The smallest absolute Gasteiger partial charge is 0.0309 e. The first-order chi connectivity index (χ1) is 7.19. The normalized spacial score (nSPS) is 36.5. The van der Waals surface area contributed by atoms with E-state index < -0.39 is 0 Å². The van der Waals surface area contributed by atoms with Crippen molar-refractivity contribution in [2.24, 2.45) is 29.1 Å². The maximum atomic E-state index is 8.97. The molecule has 0 aromatic carbocycles. The molecule has 3 unspecified atom stereocenters. The Kier molecular flexibility index (Phi) is 3.74. The Hall–Kier alpha value is 0. The molecule has 1 fully saturated rings. The summed E-state index contributed by atoms with van der Waals surface area (Å²) in [6.45, 7) is 13.8. The maximum absolute atomic E-state index is 8.97. The van der Waals surface area contributed by atoms with Crippen molar-refractivity contribution in [3.8, 4) is 0 Å². The van der Waals surface area contributed by atoms with Crippen molar-refractivity contribution in [3.05, 3.63) is 0 Å². The van der Waals surface area contributed by atoms with E-state index in [1.54, 1.807) is 0 Å². The van der Waals surface area contributed by atoms with Crippen LogP contribution in [0.5, 0.6) is 0 Å². The minimum Gasteiger partial charge on any atom is -0.0625 e. The molecule has 0 N–H and O–H groups in total. The van der Waals surface area contributed by atoms with Crippen LogP contribution >= 0.6 is 0 Å². The third-order valence-corrected chi connectivity index (χ3v) is 4.37. The van der Waals surface area contributed by atoms with Gasteiger partial charge in [-0.15, -0.1) is 0 Å². The third-order valence-electron chi connectivity index (χ3n) is 4.37. The molecule has 1 aliphatic rings. The van der Waals surface area contributed by atoms with E-state index in [0.717, 1.165) is 6.42 Å². The summed E-state index contributed by atoms with van der Waals surface area (Å²) in [5.41, 5.74) is 0.256. The SMILES string of the molecule is [2H]C1(C(C)C(C)(C)C)CCCCC1C(C)C. The van der Waals surface area contributed by atoms with E-state index in [1.807, 2.05) is 0 Å². The van der Waals surface area contributed by atoms with Crippen LogP contribution in [0.25, 0.3) is 0 Å². The van der Waals surface area contributed by atoms with Gasteiger partial charge in [-0.2, -0.15) is 0 Å². The molecule has 0 bridgehead atoms.